The summed E-state index contributed by atoms with van der Waals surface area (Å²) in [6.07, 6.45) is 0. The van der Waals surface area contributed by atoms with Crippen LogP contribution in [-0.2, 0) is 11.0 Å². The predicted octanol–water partition coefficient (Wildman–Crippen LogP) is 2.42. The first-order chi connectivity index (χ1) is 8.22. The highest BCUT2D eigenvalue weighted by Crippen LogP contribution is 2.34. The van der Waals surface area contributed by atoms with Crippen LogP contribution in [0.4, 0.5) is 0 Å². The van der Waals surface area contributed by atoms with Crippen molar-refractivity contribution in [2.24, 2.45) is 0 Å². The average molecular weight is 251 g/mol. The van der Waals surface area contributed by atoms with Crippen molar-refractivity contribution in [3.05, 3.63) is 29.3 Å². The van der Waals surface area contributed by atoms with Crippen molar-refractivity contribution in [3.8, 4) is 5.75 Å². The van der Waals surface area contributed by atoms with E-state index in [0.717, 1.165) is 16.9 Å². The highest BCUT2D eigenvalue weighted by Gasteiger charge is 2.26. The van der Waals surface area contributed by atoms with Gasteiger partial charge in [-0.15, -0.1) is 0 Å². The molecule has 1 rings (SSSR count). The molecule has 3 nitrogen and oxygen atoms in total. The molecule has 2 N–H and O–H groups in total. The summed E-state index contributed by atoms with van der Waals surface area (Å²) in [7, 11) is 3.51. The van der Waals surface area contributed by atoms with Gasteiger partial charge in [0.2, 0.25) is 0 Å². The molecular formula is C15H25NO2. The zero-order chi connectivity index (χ0) is 14.0. The van der Waals surface area contributed by atoms with Crippen LogP contribution in [0.1, 0.15) is 38.8 Å². The lowest BCUT2D eigenvalue weighted by Gasteiger charge is -2.28. The summed E-state index contributed by atoms with van der Waals surface area (Å²) < 4.78 is 5.40. The van der Waals surface area contributed by atoms with Crippen LogP contribution in [0.3, 0.4) is 0 Å². The highest BCUT2D eigenvalue weighted by atomic mass is 16.5. The molecule has 18 heavy (non-hydrogen) atoms. The topological polar surface area (TPSA) is 41.5 Å². The summed E-state index contributed by atoms with van der Waals surface area (Å²) in [6.45, 7) is 8.75. The minimum absolute atomic E-state index is 0.0168. The number of ether oxygens (including phenoxy) is 1. The quantitative estimate of drug-likeness (QED) is 0.863. The van der Waals surface area contributed by atoms with Crippen molar-refractivity contribution >= 4 is 0 Å². The SMILES string of the molecule is CNCC(C)(O)c1ccc(OC)c(C(C)(C)C)c1. The van der Waals surface area contributed by atoms with Gasteiger partial charge in [0.15, 0.2) is 0 Å². The third-order valence-electron chi connectivity index (χ3n) is 3.15. The fraction of sp³-hybridized carbons (Fsp3) is 0.600. The van der Waals surface area contributed by atoms with Crippen LogP contribution >= 0.6 is 0 Å². The molecule has 0 saturated heterocycles. The Bertz CT molecular complexity index is 405. The molecule has 3 heteroatoms. The number of methoxy groups -OCH3 is 1. The normalized spacial score (nSPS) is 15.3. The Balaban J connectivity index is 3.27. The van der Waals surface area contributed by atoms with Crippen LogP contribution < -0.4 is 10.1 Å². The van der Waals surface area contributed by atoms with E-state index in [2.05, 4.69) is 26.1 Å². The second-order valence-electron chi connectivity index (χ2n) is 5.97. The van der Waals surface area contributed by atoms with E-state index in [1.54, 1.807) is 7.11 Å². The molecule has 1 unspecified atom stereocenters. The maximum Gasteiger partial charge on any atom is 0.122 e. The first-order valence-electron chi connectivity index (χ1n) is 6.28. The number of benzene rings is 1. The number of hydrogen-bond acceptors (Lipinski definition) is 3. The highest BCUT2D eigenvalue weighted by molar-refractivity contribution is 5.43. The summed E-state index contributed by atoms with van der Waals surface area (Å²) in [6, 6.07) is 5.89. The third kappa shape index (κ3) is 3.24. The van der Waals surface area contributed by atoms with Crippen molar-refractivity contribution in [3.63, 3.8) is 0 Å². The molecule has 0 radical (unpaired) electrons. The minimum Gasteiger partial charge on any atom is -0.496 e. The van der Waals surface area contributed by atoms with Crippen molar-refractivity contribution in [1.29, 1.82) is 0 Å². The van der Waals surface area contributed by atoms with Crippen LogP contribution in [0.5, 0.6) is 5.75 Å². The van der Waals surface area contributed by atoms with E-state index < -0.39 is 5.60 Å². The van der Waals surface area contributed by atoms with Gasteiger partial charge in [-0.05, 0) is 42.6 Å². The summed E-state index contributed by atoms with van der Waals surface area (Å²) in [4.78, 5) is 0. The van der Waals surface area contributed by atoms with Crippen LogP contribution in [0.2, 0.25) is 0 Å². The van der Waals surface area contributed by atoms with Crippen molar-refractivity contribution in [2.45, 2.75) is 38.7 Å². The molecular weight excluding hydrogens is 226 g/mol. The Labute approximate surface area is 110 Å². The maximum absolute atomic E-state index is 10.4. The molecule has 0 spiro atoms. The number of hydrogen-bond donors (Lipinski definition) is 2. The summed E-state index contributed by atoms with van der Waals surface area (Å²) >= 11 is 0. The Morgan fingerprint density at radius 2 is 1.83 bits per heavy atom. The molecule has 0 bridgehead atoms. The van der Waals surface area contributed by atoms with Gasteiger partial charge in [-0.25, -0.2) is 0 Å². The van der Waals surface area contributed by atoms with Gasteiger partial charge in [0.25, 0.3) is 0 Å². The number of rotatable bonds is 4. The van der Waals surface area contributed by atoms with Gasteiger partial charge in [-0.1, -0.05) is 26.8 Å². The van der Waals surface area contributed by atoms with Gasteiger partial charge in [-0.2, -0.15) is 0 Å². The zero-order valence-corrected chi connectivity index (χ0v) is 12.3. The van der Waals surface area contributed by atoms with Crippen molar-refractivity contribution in [2.75, 3.05) is 20.7 Å². The molecule has 1 aromatic carbocycles. The van der Waals surface area contributed by atoms with Gasteiger partial charge in [0.05, 0.1) is 12.7 Å². The Morgan fingerprint density at radius 1 is 1.22 bits per heavy atom. The van der Waals surface area contributed by atoms with Crippen LogP contribution in [-0.4, -0.2) is 25.8 Å². The molecule has 0 heterocycles. The zero-order valence-electron chi connectivity index (χ0n) is 12.3. The van der Waals surface area contributed by atoms with Crippen molar-refractivity contribution < 1.29 is 9.84 Å². The predicted molar refractivity (Wildman–Crippen MR) is 75.2 cm³/mol. The maximum atomic E-state index is 10.4. The molecule has 0 saturated carbocycles. The average Bonchev–Trinajstić information content (AvgIpc) is 2.27. The third-order valence-corrected chi connectivity index (χ3v) is 3.15. The first kappa shape index (κ1) is 15.0. The Kier molecular flexibility index (Phi) is 4.41. The molecule has 1 aromatic rings. The molecule has 0 aromatic heterocycles. The monoisotopic (exact) mass is 251 g/mol. The van der Waals surface area contributed by atoms with E-state index in [9.17, 15) is 5.11 Å². The minimum atomic E-state index is -0.874. The molecule has 0 amide bonds. The molecule has 1 atom stereocenters. The van der Waals surface area contributed by atoms with Gasteiger partial charge in [0, 0.05) is 6.54 Å². The summed E-state index contributed by atoms with van der Waals surface area (Å²) in [5, 5.41) is 13.4. The van der Waals surface area contributed by atoms with E-state index in [1.807, 2.05) is 32.2 Å². The lowest BCUT2D eigenvalue weighted by molar-refractivity contribution is 0.0590. The van der Waals surface area contributed by atoms with Crippen LogP contribution in [0.15, 0.2) is 18.2 Å². The summed E-state index contributed by atoms with van der Waals surface area (Å²) in [5.41, 5.74) is 1.12. The van der Waals surface area contributed by atoms with E-state index in [-0.39, 0.29) is 5.41 Å². The molecule has 0 aliphatic heterocycles. The van der Waals surface area contributed by atoms with Gasteiger partial charge in [-0.3, -0.25) is 0 Å². The number of likely N-dealkylation sites (N-methyl/N-ethyl adjacent to an activating group) is 1. The van der Waals surface area contributed by atoms with Crippen molar-refractivity contribution in [1.82, 2.24) is 5.32 Å². The fourth-order valence-corrected chi connectivity index (χ4v) is 2.08. The smallest absolute Gasteiger partial charge is 0.122 e. The van der Waals surface area contributed by atoms with Gasteiger partial charge < -0.3 is 15.2 Å². The lowest BCUT2D eigenvalue weighted by atomic mass is 9.83. The van der Waals surface area contributed by atoms with Crippen LogP contribution in [0.25, 0.3) is 0 Å². The van der Waals surface area contributed by atoms with E-state index in [4.69, 9.17) is 4.74 Å². The molecule has 102 valence electrons. The molecule has 0 aliphatic rings. The largest absolute Gasteiger partial charge is 0.496 e. The van der Waals surface area contributed by atoms with Gasteiger partial charge >= 0.3 is 0 Å². The fourth-order valence-electron chi connectivity index (χ4n) is 2.08. The molecule has 0 aliphatic carbocycles. The first-order valence-corrected chi connectivity index (χ1v) is 6.28. The Morgan fingerprint density at radius 3 is 2.28 bits per heavy atom. The lowest BCUT2D eigenvalue weighted by Crippen LogP contribution is -2.33. The Hall–Kier alpha value is -1.06. The molecule has 0 fully saturated rings. The number of aliphatic hydroxyl groups is 1. The second kappa shape index (κ2) is 5.29. The standard InChI is InChI=1S/C15H25NO2/c1-14(2,3)12-9-11(7-8-13(12)18-6)15(4,17)10-16-5/h7-9,16-17H,10H2,1-6H3. The van der Waals surface area contributed by atoms with E-state index in [0.29, 0.717) is 6.54 Å². The van der Waals surface area contributed by atoms with E-state index in [1.165, 1.54) is 0 Å². The summed E-state index contributed by atoms with van der Waals surface area (Å²) in [5.74, 6) is 0.867. The second-order valence-corrected chi connectivity index (χ2v) is 5.97. The van der Waals surface area contributed by atoms with E-state index >= 15 is 0 Å². The van der Waals surface area contributed by atoms with Crippen LogP contribution in [0, 0.1) is 0 Å². The van der Waals surface area contributed by atoms with Gasteiger partial charge in [0.1, 0.15) is 5.75 Å². The number of nitrogens with one attached hydrogen (secondary N) is 1.